The Morgan fingerprint density at radius 2 is 1.91 bits per heavy atom. The zero-order valence-corrected chi connectivity index (χ0v) is 6.68. The molecule has 0 fully saturated rings. The van der Waals surface area contributed by atoms with E-state index < -0.39 is 0 Å². The fraction of sp³-hybridized carbons (Fsp3) is 0.429. The number of rotatable bonds is 1. The second-order valence-electron chi connectivity index (χ2n) is 2.57. The van der Waals surface area contributed by atoms with Crippen molar-refractivity contribution >= 4 is 11.8 Å². The van der Waals surface area contributed by atoms with Gasteiger partial charge in [-0.15, -0.1) is 0 Å². The zero-order chi connectivity index (χ0) is 7.72. The summed E-state index contributed by atoms with van der Waals surface area (Å²) in [7, 11) is 0. The van der Waals surface area contributed by atoms with E-state index in [1.807, 2.05) is 13.8 Å². The lowest BCUT2D eigenvalue weighted by atomic mass is 10.0. The second kappa shape index (κ2) is 3.30. The van der Waals surface area contributed by atoms with Crippen molar-refractivity contribution in [3.63, 3.8) is 0 Å². The minimum Gasteiger partial charge on any atom is -0.344 e. The highest BCUT2D eigenvalue weighted by Gasteiger charge is 2.22. The van der Waals surface area contributed by atoms with E-state index in [0.29, 0.717) is 5.57 Å². The normalized spacial score (nSPS) is 16.1. The molecule has 0 saturated carbocycles. The van der Waals surface area contributed by atoms with E-state index in [2.05, 4.69) is 5.32 Å². The molecule has 0 atom stereocenters. The number of hydrogen-bond acceptors (Lipinski definition) is 3. The van der Waals surface area contributed by atoms with Crippen molar-refractivity contribution in [3.8, 4) is 0 Å². The molecule has 0 spiro atoms. The van der Waals surface area contributed by atoms with Gasteiger partial charge in [0, 0.05) is 11.6 Å². The maximum Gasteiger partial charge on any atom is 0.254 e. The summed E-state index contributed by atoms with van der Waals surface area (Å²) in [5.74, 6) is -0.417. The third-order valence-electron chi connectivity index (χ3n) is 1.41. The predicted molar refractivity (Wildman–Crippen MR) is 41.1 cm³/mol. The minimum absolute atomic E-state index is 0. The van der Waals surface area contributed by atoms with Crippen molar-refractivity contribution < 1.29 is 9.59 Å². The van der Waals surface area contributed by atoms with Crippen LogP contribution in [-0.2, 0) is 9.59 Å². The topological polar surface area (TPSA) is 81.2 Å². The monoisotopic (exact) mass is 156 g/mol. The largest absolute Gasteiger partial charge is 0.344 e. The van der Waals surface area contributed by atoms with E-state index in [1.54, 1.807) is 0 Å². The lowest BCUT2D eigenvalue weighted by Crippen LogP contribution is -2.23. The Morgan fingerprint density at radius 3 is 2.09 bits per heavy atom. The molecule has 4 nitrogen and oxygen atoms in total. The number of nitrogens with one attached hydrogen (secondary N) is 1. The summed E-state index contributed by atoms with van der Waals surface area (Å²) in [4.78, 5) is 21.4. The Kier molecular flexibility index (Phi) is 2.95. The Balaban J connectivity index is 0.000001000. The van der Waals surface area contributed by atoms with Crippen LogP contribution in [-0.4, -0.2) is 11.8 Å². The van der Waals surface area contributed by atoms with E-state index in [-0.39, 0.29) is 23.9 Å². The molecular weight excluding hydrogens is 144 g/mol. The van der Waals surface area contributed by atoms with Gasteiger partial charge in [-0.1, -0.05) is 13.8 Å². The average Bonchev–Trinajstić information content (AvgIpc) is 2.10. The van der Waals surface area contributed by atoms with Gasteiger partial charge in [0.1, 0.15) is 0 Å². The van der Waals surface area contributed by atoms with Crippen LogP contribution in [0.25, 0.3) is 0 Å². The quantitative estimate of drug-likeness (QED) is 0.539. The Hall–Kier alpha value is -1.16. The first-order valence-corrected chi connectivity index (χ1v) is 3.18. The van der Waals surface area contributed by atoms with Gasteiger partial charge in [0.2, 0.25) is 0 Å². The highest BCUT2D eigenvalue weighted by atomic mass is 16.2. The van der Waals surface area contributed by atoms with Gasteiger partial charge in [0.25, 0.3) is 11.8 Å². The first kappa shape index (κ1) is 9.84. The summed E-state index contributed by atoms with van der Waals surface area (Å²) in [6.07, 6.45) is 1.35. The molecule has 0 aromatic carbocycles. The van der Waals surface area contributed by atoms with Crippen LogP contribution in [0, 0.1) is 5.92 Å². The van der Waals surface area contributed by atoms with Crippen LogP contribution in [0.4, 0.5) is 0 Å². The third kappa shape index (κ3) is 1.88. The molecule has 0 bridgehead atoms. The molecule has 1 aliphatic rings. The highest BCUT2D eigenvalue weighted by Crippen LogP contribution is 2.12. The standard InChI is InChI=1S/C7H9NO2.H3N/c1-4(2)5-3-6(9)8-7(5)10;/h3-4H,1-2H3,(H,8,9,10);1H3. The molecule has 11 heavy (non-hydrogen) atoms. The van der Waals surface area contributed by atoms with Crippen molar-refractivity contribution in [2.45, 2.75) is 13.8 Å². The van der Waals surface area contributed by atoms with Crippen LogP contribution >= 0.6 is 0 Å². The van der Waals surface area contributed by atoms with E-state index in [0.717, 1.165) is 0 Å². The van der Waals surface area contributed by atoms with E-state index in [1.165, 1.54) is 6.08 Å². The van der Waals surface area contributed by atoms with Gasteiger partial charge in [-0.2, -0.15) is 0 Å². The Bertz CT molecular complexity index is 218. The predicted octanol–water partition coefficient (Wildman–Crippen LogP) is 0.387. The van der Waals surface area contributed by atoms with E-state index >= 15 is 0 Å². The van der Waals surface area contributed by atoms with E-state index in [9.17, 15) is 9.59 Å². The summed E-state index contributed by atoms with van der Waals surface area (Å²) in [6.45, 7) is 3.76. The maximum absolute atomic E-state index is 10.8. The molecule has 2 amide bonds. The molecule has 0 aliphatic carbocycles. The van der Waals surface area contributed by atoms with Gasteiger partial charge in [0.05, 0.1) is 0 Å². The molecular formula is C7H12N2O2. The summed E-state index contributed by atoms with van der Waals surface area (Å²) < 4.78 is 0. The first-order chi connectivity index (χ1) is 4.61. The molecule has 0 radical (unpaired) electrons. The zero-order valence-electron chi connectivity index (χ0n) is 6.68. The summed E-state index contributed by atoms with van der Waals surface area (Å²) in [6, 6.07) is 0. The second-order valence-corrected chi connectivity index (χ2v) is 2.57. The smallest absolute Gasteiger partial charge is 0.254 e. The minimum atomic E-state index is -0.297. The fourth-order valence-corrected chi connectivity index (χ4v) is 0.856. The highest BCUT2D eigenvalue weighted by molar-refractivity contribution is 6.16. The van der Waals surface area contributed by atoms with Gasteiger partial charge in [-0.25, -0.2) is 0 Å². The molecule has 4 heteroatoms. The van der Waals surface area contributed by atoms with Gasteiger partial charge in [0.15, 0.2) is 0 Å². The van der Waals surface area contributed by atoms with Crippen LogP contribution in [0.3, 0.4) is 0 Å². The molecule has 62 valence electrons. The van der Waals surface area contributed by atoms with E-state index in [4.69, 9.17) is 0 Å². The summed E-state index contributed by atoms with van der Waals surface area (Å²) in [5, 5.41) is 2.18. The van der Waals surface area contributed by atoms with Crippen molar-refractivity contribution in [1.29, 1.82) is 0 Å². The molecule has 4 N–H and O–H groups in total. The number of carbonyl (C=O) groups excluding carboxylic acids is 2. The summed E-state index contributed by atoms with van der Waals surface area (Å²) >= 11 is 0. The number of hydrogen-bond donors (Lipinski definition) is 2. The number of imide groups is 1. The molecule has 0 aromatic heterocycles. The van der Waals surface area contributed by atoms with Crippen LogP contribution in [0.5, 0.6) is 0 Å². The molecule has 0 unspecified atom stereocenters. The number of carbonyl (C=O) groups is 2. The van der Waals surface area contributed by atoms with Crippen LogP contribution in [0.15, 0.2) is 11.6 Å². The SMILES string of the molecule is CC(C)C1=CC(=O)NC1=O.N. The van der Waals surface area contributed by atoms with Gasteiger partial charge in [-0.05, 0) is 5.92 Å². The van der Waals surface area contributed by atoms with Gasteiger partial charge >= 0.3 is 0 Å². The van der Waals surface area contributed by atoms with Crippen LogP contribution in [0.2, 0.25) is 0 Å². The van der Waals surface area contributed by atoms with Crippen LogP contribution in [0.1, 0.15) is 13.8 Å². The van der Waals surface area contributed by atoms with Gasteiger partial charge < -0.3 is 6.15 Å². The fourth-order valence-electron chi connectivity index (χ4n) is 0.856. The lowest BCUT2D eigenvalue weighted by Gasteiger charge is -2.00. The summed E-state index contributed by atoms with van der Waals surface area (Å²) in [5.41, 5.74) is 0.574. The molecule has 1 heterocycles. The Labute approximate surface area is 65.2 Å². The first-order valence-electron chi connectivity index (χ1n) is 3.18. The van der Waals surface area contributed by atoms with Crippen molar-refractivity contribution in [2.24, 2.45) is 5.92 Å². The molecule has 0 aromatic rings. The van der Waals surface area contributed by atoms with Crippen LogP contribution < -0.4 is 11.5 Å². The molecule has 1 rings (SSSR count). The molecule has 0 saturated heterocycles. The molecule has 1 aliphatic heterocycles. The van der Waals surface area contributed by atoms with Crippen molar-refractivity contribution in [2.75, 3.05) is 0 Å². The lowest BCUT2D eigenvalue weighted by molar-refractivity contribution is -0.124. The maximum atomic E-state index is 10.8. The number of amides is 2. The van der Waals surface area contributed by atoms with Crippen molar-refractivity contribution in [1.82, 2.24) is 11.5 Å². The Morgan fingerprint density at radius 1 is 1.36 bits per heavy atom. The average molecular weight is 156 g/mol. The van der Waals surface area contributed by atoms with Crippen molar-refractivity contribution in [3.05, 3.63) is 11.6 Å². The third-order valence-corrected chi connectivity index (χ3v) is 1.41. The van der Waals surface area contributed by atoms with Gasteiger partial charge in [-0.3, -0.25) is 14.9 Å².